The molecule has 4 rings (SSSR count). The number of likely N-dealkylation sites (tertiary alicyclic amines) is 1. The molecule has 0 unspecified atom stereocenters. The smallest absolute Gasteiger partial charge is 0.222 e. The van der Waals surface area contributed by atoms with Gasteiger partial charge < -0.3 is 15.5 Å². The molecule has 2 N–H and O–H groups in total. The molecular formula is C19H26Cl2N4O. The Morgan fingerprint density at radius 1 is 1.12 bits per heavy atom. The average molecular weight is 397 g/mol. The Kier molecular flexibility index (Phi) is 7.09. The van der Waals surface area contributed by atoms with Gasteiger partial charge in [0.25, 0.3) is 0 Å². The molecule has 0 bridgehead atoms. The number of rotatable bonds is 3. The van der Waals surface area contributed by atoms with Crippen molar-refractivity contribution in [1.29, 1.82) is 0 Å². The lowest BCUT2D eigenvalue weighted by Crippen LogP contribution is -2.57. The highest BCUT2D eigenvalue weighted by atomic mass is 35.5. The maximum Gasteiger partial charge on any atom is 0.222 e. The number of halogens is 2. The molecule has 26 heavy (non-hydrogen) atoms. The van der Waals surface area contributed by atoms with Crippen molar-refractivity contribution in [3.63, 3.8) is 0 Å². The van der Waals surface area contributed by atoms with E-state index in [2.05, 4.69) is 29.2 Å². The van der Waals surface area contributed by atoms with Gasteiger partial charge in [0.2, 0.25) is 5.91 Å². The van der Waals surface area contributed by atoms with Crippen LogP contribution >= 0.6 is 24.8 Å². The second kappa shape index (κ2) is 8.89. The Morgan fingerprint density at radius 2 is 1.92 bits per heavy atom. The van der Waals surface area contributed by atoms with Crippen LogP contribution in [0.25, 0.3) is 10.9 Å². The van der Waals surface area contributed by atoms with Crippen molar-refractivity contribution >= 4 is 47.4 Å². The maximum absolute atomic E-state index is 12.2. The number of aromatic nitrogens is 1. The van der Waals surface area contributed by atoms with Crippen LogP contribution in [0.4, 0.5) is 5.82 Å². The third kappa shape index (κ3) is 3.90. The van der Waals surface area contributed by atoms with E-state index in [1.165, 1.54) is 5.39 Å². The van der Waals surface area contributed by atoms with E-state index in [1.54, 1.807) is 0 Å². The first-order valence-corrected chi connectivity index (χ1v) is 8.86. The van der Waals surface area contributed by atoms with Gasteiger partial charge in [0.05, 0.1) is 5.52 Å². The first kappa shape index (κ1) is 20.7. The van der Waals surface area contributed by atoms with E-state index in [0.29, 0.717) is 31.5 Å². The van der Waals surface area contributed by atoms with E-state index in [0.717, 1.165) is 37.3 Å². The van der Waals surface area contributed by atoms with Gasteiger partial charge in [0.1, 0.15) is 5.82 Å². The van der Waals surface area contributed by atoms with Crippen molar-refractivity contribution in [2.45, 2.75) is 25.3 Å². The molecule has 2 saturated heterocycles. The zero-order valence-corrected chi connectivity index (χ0v) is 16.3. The molecule has 2 aromatic rings. The van der Waals surface area contributed by atoms with E-state index in [4.69, 9.17) is 10.7 Å². The molecule has 1 aromatic heterocycles. The van der Waals surface area contributed by atoms with Crippen molar-refractivity contribution in [2.24, 2.45) is 11.7 Å². The first-order valence-electron chi connectivity index (χ1n) is 8.86. The summed E-state index contributed by atoms with van der Waals surface area (Å²) in [6.07, 6.45) is 2.64. The molecule has 0 aliphatic carbocycles. The molecule has 7 heteroatoms. The summed E-state index contributed by atoms with van der Waals surface area (Å²) in [4.78, 5) is 21.4. The lowest BCUT2D eigenvalue weighted by molar-refractivity contribution is -0.139. The monoisotopic (exact) mass is 396 g/mol. The van der Waals surface area contributed by atoms with E-state index < -0.39 is 0 Å². The fourth-order valence-corrected chi connectivity index (χ4v) is 4.22. The van der Waals surface area contributed by atoms with Gasteiger partial charge in [0.15, 0.2) is 0 Å². The third-order valence-electron chi connectivity index (χ3n) is 5.42. The highest BCUT2D eigenvalue weighted by Crippen LogP contribution is 2.33. The van der Waals surface area contributed by atoms with Gasteiger partial charge >= 0.3 is 0 Å². The molecule has 1 aromatic carbocycles. The van der Waals surface area contributed by atoms with Crippen LogP contribution in [0.1, 0.15) is 19.3 Å². The number of amides is 1. The molecule has 1 amide bonds. The second-order valence-electron chi connectivity index (χ2n) is 6.84. The van der Waals surface area contributed by atoms with Gasteiger partial charge in [-0.3, -0.25) is 4.79 Å². The minimum absolute atomic E-state index is 0. The van der Waals surface area contributed by atoms with Crippen LogP contribution in [0.3, 0.4) is 0 Å². The van der Waals surface area contributed by atoms with Crippen molar-refractivity contribution in [3.05, 3.63) is 36.4 Å². The van der Waals surface area contributed by atoms with Crippen LogP contribution in [-0.4, -0.2) is 48.0 Å². The predicted octanol–water partition coefficient (Wildman–Crippen LogP) is 2.85. The number of hydrogen-bond acceptors (Lipinski definition) is 4. The first-order chi connectivity index (χ1) is 11.8. The molecule has 0 radical (unpaired) electrons. The van der Waals surface area contributed by atoms with Crippen LogP contribution in [0, 0.1) is 5.92 Å². The largest absolute Gasteiger partial charge is 0.356 e. The average Bonchev–Trinajstić information content (AvgIpc) is 2.63. The molecular weight excluding hydrogens is 371 g/mol. The minimum atomic E-state index is 0. The molecule has 2 aliphatic heterocycles. The Labute approximate surface area is 166 Å². The zero-order valence-electron chi connectivity index (χ0n) is 14.7. The molecule has 142 valence electrons. The van der Waals surface area contributed by atoms with Crippen LogP contribution in [0.15, 0.2) is 36.4 Å². The van der Waals surface area contributed by atoms with Gasteiger partial charge in [-0.1, -0.05) is 18.2 Å². The summed E-state index contributed by atoms with van der Waals surface area (Å²) in [6.45, 7) is 3.16. The summed E-state index contributed by atoms with van der Waals surface area (Å²) in [5, 5.41) is 1.17. The number of fused-ring (bicyclic) bond motifs is 2. The maximum atomic E-state index is 12.2. The van der Waals surface area contributed by atoms with Crippen LogP contribution < -0.4 is 10.6 Å². The Balaban J connectivity index is 0.00000121. The second-order valence-corrected chi connectivity index (χ2v) is 6.84. The number of para-hydroxylation sites is 1. The highest BCUT2D eigenvalue weighted by Gasteiger charge is 2.39. The summed E-state index contributed by atoms with van der Waals surface area (Å²) in [5.41, 5.74) is 6.74. The molecule has 0 saturated carbocycles. The van der Waals surface area contributed by atoms with E-state index in [9.17, 15) is 4.79 Å². The van der Waals surface area contributed by atoms with Crippen LogP contribution in [0.2, 0.25) is 0 Å². The number of carbonyl (C=O) groups excluding carboxylic acids is 1. The van der Waals surface area contributed by atoms with Gasteiger partial charge in [-0.15, -0.1) is 24.8 Å². The number of piperidine rings is 2. The summed E-state index contributed by atoms with van der Waals surface area (Å²) < 4.78 is 0. The molecule has 2 fully saturated rings. The molecule has 2 aliphatic rings. The predicted molar refractivity (Wildman–Crippen MR) is 110 cm³/mol. The van der Waals surface area contributed by atoms with Crippen LogP contribution in [-0.2, 0) is 4.79 Å². The standard InChI is InChI=1S/C19H24N4O.2ClH/c20-10-12-23-17-9-11-22(13-15(17)6-8-19(23)24)18-7-5-14-3-1-2-4-16(14)21-18;;/h1-5,7,15,17H,6,8-13,20H2;2*1H/t15-,17+;;/m0../s1. The van der Waals surface area contributed by atoms with Crippen LogP contribution in [0.5, 0.6) is 0 Å². The van der Waals surface area contributed by atoms with Gasteiger partial charge in [-0.05, 0) is 37.0 Å². The number of carbonyl (C=O) groups is 1. The zero-order chi connectivity index (χ0) is 16.5. The molecule has 3 heterocycles. The van der Waals surface area contributed by atoms with Crippen molar-refractivity contribution < 1.29 is 4.79 Å². The summed E-state index contributed by atoms with van der Waals surface area (Å²) in [7, 11) is 0. The lowest BCUT2D eigenvalue weighted by atomic mass is 9.83. The Bertz CT molecular complexity index is 757. The van der Waals surface area contributed by atoms with Crippen molar-refractivity contribution in [1.82, 2.24) is 9.88 Å². The summed E-state index contributed by atoms with van der Waals surface area (Å²) in [5.74, 6) is 1.85. The SMILES string of the molecule is Cl.Cl.NCCN1C(=O)CC[C@H]2CN(c3ccc4ccccc4n3)CC[C@H]21. The molecule has 5 nitrogen and oxygen atoms in total. The minimum Gasteiger partial charge on any atom is -0.356 e. The fraction of sp³-hybridized carbons (Fsp3) is 0.474. The van der Waals surface area contributed by atoms with E-state index in [-0.39, 0.29) is 30.7 Å². The number of pyridine rings is 1. The quantitative estimate of drug-likeness (QED) is 0.865. The van der Waals surface area contributed by atoms with Crippen molar-refractivity contribution in [3.8, 4) is 0 Å². The summed E-state index contributed by atoms with van der Waals surface area (Å²) >= 11 is 0. The fourth-order valence-electron chi connectivity index (χ4n) is 4.22. The molecule has 0 spiro atoms. The van der Waals surface area contributed by atoms with E-state index in [1.807, 2.05) is 17.0 Å². The normalized spacial score (nSPS) is 22.4. The molecule has 2 atom stereocenters. The van der Waals surface area contributed by atoms with Gasteiger partial charge in [-0.2, -0.15) is 0 Å². The number of nitrogens with zero attached hydrogens (tertiary/aromatic N) is 3. The lowest BCUT2D eigenvalue weighted by Gasteiger charge is -2.47. The number of anilines is 1. The Morgan fingerprint density at radius 3 is 2.73 bits per heavy atom. The topological polar surface area (TPSA) is 62.5 Å². The van der Waals surface area contributed by atoms with Gasteiger partial charge in [0, 0.05) is 44.0 Å². The van der Waals surface area contributed by atoms with E-state index >= 15 is 0 Å². The summed E-state index contributed by atoms with van der Waals surface area (Å²) in [6, 6.07) is 12.8. The number of hydrogen-bond donors (Lipinski definition) is 1. The van der Waals surface area contributed by atoms with Crippen molar-refractivity contribution in [2.75, 3.05) is 31.1 Å². The van der Waals surface area contributed by atoms with Gasteiger partial charge in [-0.25, -0.2) is 4.98 Å². The number of nitrogens with two attached hydrogens (primary N) is 1. The number of benzene rings is 1. The Hall–Kier alpha value is -1.56. The highest BCUT2D eigenvalue weighted by molar-refractivity contribution is 5.85. The third-order valence-corrected chi connectivity index (χ3v) is 5.42.